The van der Waals surface area contributed by atoms with Crippen LogP contribution in [-0.4, -0.2) is 47.3 Å². The Morgan fingerprint density at radius 1 is 1.14 bits per heavy atom. The van der Waals surface area contributed by atoms with Crippen LogP contribution in [0, 0.1) is 0 Å². The Kier molecular flexibility index (Phi) is 5.31. The Bertz CT molecular complexity index is 1010. The van der Waals surface area contributed by atoms with Crippen LogP contribution in [0.5, 0.6) is 5.88 Å². The van der Waals surface area contributed by atoms with Gasteiger partial charge >= 0.3 is 0 Å². The number of hydrogen-bond acceptors (Lipinski definition) is 6. The van der Waals surface area contributed by atoms with Crippen LogP contribution in [0.4, 0.5) is 0 Å². The summed E-state index contributed by atoms with van der Waals surface area (Å²) in [6.07, 6.45) is 1.70. The molecule has 0 fully saturated rings. The molecule has 3 heterocycles. The number of nitrogens with zero attached hydrogens (tertiary/aromatic N) is 3. The summed E-state index contributed by atoms with van der Waals surface area (Å²) in [5.74, 6) is 1.27. The highest BCUT2D eigenvalue weighted by atomic mass is 16.5. The normalized spacial score (nSPS) is 13.2. The van der Waals surface area contributed by atoms with Gasteiger partial charge in [0, 0.05) is 54.7 Å². The molecule has 0 N–H and O–H groups in total. The van der Waals surface area contributed by atoms with Gasteiger partial charge < -0.3 is 18.9 Å². The summed E-state index contributed by atoms with van der Waals surface area (Å²) in [6, 6.07) is 11.5. The molecule has 4 rings (SSSR count). The van der Waals surface area contributed by atoms with E-state index in [1.165, 1.54) is 0 Å². The van der Waals surface area contributed by atoms with Gasteiger partial charge in [-0.3, -0.25) is 4.79 Å². The van der Waals surface area contributed by atoms with Gasteiger partial charge in [-0.25, -0.2) is 4.98 Å². The van der Waals surface area contributed by atoms with Crippen molar-refractivity contribution in [1.29, 1.82) is 0 Å². The minimum Gasteiger partial charge on any atom is -0.475 e. The highest BCUT2D eigenvalue weighted by Gasteiger charge is 2.29. The predicted octanol–water partition coefficient (Wildman–Crippen LogP) is 3.79. The summed E-state index contributed by atoms with van der Waals surface area (Å²) in [7, 11) is 1.63. The molecule has 29 heavy (non-hydrogen) atoms. The Balaban J connectivity index is 1.52. The number of methoxy groups -OCH3 is 1. The van der Waals surface area contributed by atoms with Crippen LogP contribution < -0.4 is 4.74 Å². The van der Waals surface area contributed by atoms with Gasteiger partial charge in [0.1, 0.15) is 12.3 Å². The fraction of sp³-hybridized carbons (Fsp3) is 0.318. The van der Waals surface area contributed by atoms with E-state index in [0.29, 0.717) is 37.1 Å². The standard InChI is InChI=1S/C22H23N3O4/c1-14(2)25-13-17-10-15(4-6-18(17)22(25)26)20-11-19(24-29-20)16-5-7-21(23-12-16)28-9-8-27-3/h4-7,10-12,14H,8-9,13H2,1-3H3. The summed E-state index contributed by atoms with van der Waals surface area (Å²) in [5.41, 5.74) is 4.19. The zero-order chi connectivity index (χ0) is 20.4. The molecule has 0 atom stereocenters. The number of pyridine rings is 1. The molecule has 0 aliphatic carbocycles. The maximum atomic E-state index is 12.5. The van der Waals surface area contributed by atoms with Crippen molar-refractivity contribution in [1.82, 2.24) is 15.0 Å². The van der Waals surface area contributed by atoms with E-state index < -0.39 is 0 Å². The second-order valence-corrected chi connectivity index (χ2v) is 7.20. The fourth-order valence-corrected chi connectivity index (χ4v) is 3.31. The van der Waals surface area contributed by atoms with E-state index in [1.54, 1.807) is 19.4 Å². The summed E-state index contributed by atoms with van der Waals surface area (Å²) in [4.78, 5) is 18.6. The van der Waals surface area contributed by atoms with Gasteiger partial charge in [-0.15, -0.1) is 0 Å². The zero-order valence-corrected chi connectivity index (χ0v) is 16.7. The summed E-state index contributed by atoms with van der Waals surface area (Å²) in [6.45, 7) is 5.63. The van der Waals surface area contributed by atoms with Crippen LogP contribution in [0.2, 0.25) is 0 Å². The van der Waals surface area contributed by atoms with Gasteiger partial charge in [-0.05, 0) is 37.6 Å². The number of ether oxygens (including phenoxy) is 2. The minimum atomic E-state index is 0.0821. The van der Waals surface area contributed by atoms with Crippen molar-refractivity contribution in [3.63, 3.8) is 0 Å². The van der Waals surface area contributed by atoms with E-state index in [1.807, 2.05) is 49.1 Å². The molecular weight excluding hydrogens is 370 g/mol. The molecule has 7 nitrogen and oxygen atoms in total. The second-order valence-electron chi connectivity index (χ2n) is 7.20. The zero-order valence-electron chi connectivity index (χ0n) is 16.7. The molecule has 3 aromatic rings. The SMILES string of the molecule is COCCOc1ccc(-c2cc(-c3ccc4c(c3)CN(C(C)C)C4=O)on2)cn1. The van der Waals surface area contributed by atoms with Gasteiger partial charge in [0.05, 0.1) is 6.61 Å². The monoisotopic (exact) mass is 393 g/mol. The summed E-state index contributed by atoms with van der Waals surface area (Å²) >= 11 is 0. The molecule has 1 aromatic carbocycles. The lowest BCUT2D eigenvalue weighted by Gasteiger charge is -2.19. The highest BCUT2D eigenvalue weighted by Crippen LogP contribution is 2.31. The lowest BCUT2D eigenvalue weighted by molar-refractivity contribution is 0.0730. The van der Waals surface area contributed by atoms with Crippen molar-refractivity contribution in [2.24, 2.45) is 0 Å². The molecule has 150 valence electrons. The van der Waals surface area contributed by atoms with Crippen LogP contribution in [0.1, 0.15) is 29.8 Å². The van der Waals surface area contributed by atoms with Crippen molar-refractivity contribution >= 4 is 5.91 Å². The van der Waals surface area contributed by atoms with Crippen molar-refractivity contribution in [3.05, 3.63) is 53.7 Å². The molecule has 0 spiro atoms. The van der Waals surface area contributed by atoms with Gasteiger partial charge in [0.15, 0.2) is 5.76 Å². The number of amides is 1. The average molecular weight is 393 g/mol. The molecule has 0 radical (unpaired) electrons. The van der Waals surface area contributed by atoms with Crippen molar-refractivity contribution in [2.45, 2.75) is 26.4 Å². The quantitative estimate of drug-likeness (QED) is 0.568. The Morgan fingerprint density at radius 3 is 2.69 bits per heavy atom. The third kappa shape index (κ3) is 3.86. The second kappa shape index (κ2) is 8.05. The summed E-state index contributed by atoms with van der Waals surface area (Å²) in [5, 5.41) is 4.17. The topological polar surface area (TPSA) is 77.7 Å². The van der Waals surface area contributed by atoms with E-state index in [9.17, 15) is 4.79 Å². The van der Waals surface area contributed by atoms with E-state index >= 15 is 0 Å². The first kappa shape index (κ1) is 19.1. The van der Waals surface area contributed by atoms with E-state index in [2.05, 4.69) is 10.1 Å². The van der Waals surface area contributed by atoms with Crippen LogP contribution in [0.15, 0.2) is 47.1 Å². The third-order valence-electron chi connectivity index (χ3n) is 4.92. The Hall–Kier alpha value is -3.19. The Morgan fingerprint density at radius 2 is 1.97 bits per heavy atom. The number of rotatable bonds is 7. The van der Waals surface area contributed by atoms with Gasteiger partial charge in [0.25, 0.3) is 5.91 Å². The van der Waals surface area contributed by atoms with Crippen LogP contribution in [-0.2, 0) is 11.3 Å². The molecule has 1 aliphatic rings. The molecule has 0 unspecified atom stereocenters. The first-order valence-electron chi connectivity index (χ1n) is 9.56. The smallest absolute Gasteiger partial charge is 0.254 e. The van der Waals surface area contributed by atoms with Crippen molar-refractivity contribution in [2.75, 3.05) is 20.3 Å². The minimum absolute atomic E-state index is 0.0821. The van der Waals surface area contributed by atoms with Crippen LogP contribution in [0.25, 0.3) is 22.6 Å². The maximum absolute atomic E-state index is 12.5. The molecule has 1 aliphatic heterocycles. The number of fused-ring (bicyclic) bond motifs is 1. The van der Waals surface area contributed by atoms with Gasteiger partial charge in [-0.2, -0.15) is 0 Å². The maximum Gasteiger partial charge on any atom is 0.254 e. The molecule has 2 aromatic heterocycles. The van der Waals surface area contributed by atoms with Crippen LogP contribution in [0.3, 0.4) is 0 Å². The third-order valence-corrected chi connectivity index (χ3v) is 4.92. The number of carbonyl (C=O) groups is 1. The molecule has 7 heteroatoms. The number of carbonyl (C=O) groups excluding carboxylic acids is 1. The molecule has 0 saturated carbocycles. The van der Waals surface area contributed by atoms with Crippen LogP contribution >= 0.6 is 0 Å². The molecule has 0 bridgehead atoms. The molecular formula is C22H23N3O4. The van der Waals surface area contributed by atoms with Crippen molar-refractivity contribution < 1.29 is 18.8 Å². The first-order valence-corrected chi connectivity index (χ1v) is 9.56. The Labute approximate surface area is 169 Å². The fourth-order valence-electron chi connectivity index (χ4n) is 3.31. The summed E-state index contributed by atoms with van der Waals surface area (Å²) < 4.78 is 16.0. The average Bonchev–Trinajstić information content (AvgIpc) is 3.34. The van der Waals surface area contributed by atoms with Crippen molar-refractivity contribution in [3.8, 4) is 28.5 Å². The number of aromatic nitrogens is 2. The van der Waals surface area contributed by atoms with Gasteiger partial charge in [0.2, 0.25) is 5.88 Å². The highest BCUT2D eigenvalue weighted by molar-refractivity contribution is 5.99. The largest absolute Gasteiger partial charge is 0.475 e. The van der Waals surface area contributed by atoms with E-state index in [0.717, 1.165) is 22.3 Å². The van der Waals surface area contributed by atoms with E-state index in [-0.39, 0.29) is 11.9 Å². The first-order chi connectivity index (χ1) is 14.1. The lowest BCUT2D eigenvalue weighted by Crippen LogP contribution is -2.30. The predicted molar refractivity (Wildman–Crippen MR) is 108 cm³/mol. The van der Waals surface area contributed by atoms with Gasteiger partial charge in [-0.1, -0.05) is 11.2 Å². The molecule has 0 saturated heterocycles. The number of hydrogen-bond donors (Lipinski definition) is 0. The van der Waals surface area contributed by atoms with E-state index in [4.69, 9.17) is 14.0 Å². The number of benzene rings is 1. The lowest BCUT2D eigenvalue weighted by atomic mass is 10.0. The molecule has 1 amide bonds.